The summed E-state index contributed by atoms with van der Waals surface area (Å²) < 4.78 is 0.984. The number of thiophene rings is 1. The van der Waals surface area contributed by atoms with Gasteiger partial charge in [-0.1, -0.05) is 28.1 Å². The van der Waals surface area contributed by atoms with Crippen LogP contribution in [0.25, 0.3) is 21.3 Å². The van der Waals surface area contributed by atoms with Crippen molar-refractivity contribution in [3.05, 3.63) is 45.4 Å². The highest BCUT2D eigenvalue weighted by molar-refractivity contribution is 9.10. The van der Waals surface area contributed by atoms with Gasteiger partial charge >= 0.3 is 5.97 Å². The molecule has 0 atom stereocenters. The van der Waals surface area contributed by atoms with Gasteiger partial charge in [-0.3, -0.25) is 0 Å². The van der Waals surface area contributed by atoms with Crippen LogP contribution in [0.1, 0.15) is 15.4 Å². The van der Waals surface area contributed by atoms with Crippen LogP contribution >= 0.6 is 27.3 Å². The molecule has 0 saturated carbocycles. The van der Waals surface area contributed by atoms with E-state index in [1.54, 1.807) is 0 Å². The van der Waals surface area contributed by atoms with E-state index in [0.717, 1.165) is 32.6 Å². The van der Waals surface area contributed by atoms with Crippen molar-refractivity contribution in [2.24, 2.45) is 0 Å². The summed E-state index contributed by atoms with van der Waals surface area (Å²) in [7, 11) is 0. The van der Waals surface area contributed by atoms with Gasteiger partial charge in [-0.15, -0.1) is 11.3 Å². The second-order valence-electron chi connectivity index (χ2n) is 4.65. The Balaban J connectivity index is 2.36. The first kappa shape index (κ1) is 14.0. The number of carboxylic acids is 1. The summed E-state index contributed by atoms with van der Waals surface area (Å²) in [5, 5.41) is 9.94. The largest absolute Gasteiger partial charge is 0.477 e. The second-order valence-corrected chi connectivity index (χ2v) is 6.56. The number of nitrogens with two attached hydrogens (primary N) is 1. The number of halogens is 1. The summed E-state index contributed by atoms with van der Waals surface area (Å²) in [5.41, 5.74) is 9.05. The number of pyridine rings is 1. The van der Waals surface area contributed by atoms with Gasteiger partial charge in [-0.2, -0.15) is 0 Å². The molecular weight excluding hydrogens is 352 g/mol. The monoisotopic (exact) mass is 362 g/mol. The van der Waals surface area contributed by atoms with Gasteiger partial charge in [-0.25, -0.2) is 9.78 Å². The number of hydrogen-bond acceptors (Lipinski definition) is 4. The first-order valence-corrected chi connectivity index (χ1v) is 7.77. The van der Waals surface area contributed by atoms with Crippen molar-refractivity contribution in [3.63, 3.8) is 0 Å². The van der Waals surface area contributed by atoms with Gasteiger partial charge in [0.25, 0.3) is 0 Å². The van der Waals surface area contributed by atoms with E-state index in [-0.39, 0.29) is 10.6 Å². The number of benzene rings is 1. The number of anilines is 1. The molecule has 0 radical (unpaired) electrons. The fourth-order valence-electron chi connectivity index (χ4n) is 2.26. The standard InChI is InChI=1S/C15H11BrN2O2S/c1-7-6-10(8-2-4-9(16)5-3-8)11-12(17)13(15(19)20)21-14(11)18-7/h2-6H,17H2,1H3,(H,19,20). The van der Waals surface area contributed by atoms with E-state index in [0.29, 0.717) is 10.2 Å². The number of aromatic nitrogens is 1. The van der Waals surface area contributed by atoms with E-state index in [4.69, 9.17) is 5.73 Å². The van der Waals surface area contributed by atoms with E-state index in [1.165, 1.54) is 0 Å². The number of nitrogens with zero attached hydrogens (tertiary/aromatic N) is 1. The number of rotatable bonds is 2. The molecule has 0 bridgehead atoms. The molecule has 0 amide bonds. The molecule has 0 aliphatic heterocycles. The predicted octanol–water partition coefficient (Wildman–Crippen LogP) is 4.31. The lowest BCUT2D eigenvalue weighted by molar-refractivity contribution is 0.0703. The Morgan fingerprint density at radius 1 is 1.33 bits per heavy atom. The first-order chi connectivity index (χ1) is 9.97. The molecule has 1 aromatic carbocycles. The Bertz CT molecular complexity index is 856. The number of hydrogen-bond donors (Lipinski definition) is 2. The smallest absolute Gasteiger partial charge is 0.348 e. The molecular formula is C15H11BrN2O2S. The van der Waals surface area contributed by atoms with Crippen LogP contribution in [0.2, 0.25) is 0 Å². The molecule has 21 heavy (non-hydrogen) atoms. The maximum absolute atomic E-state index is 11.3. The van der Waals surface area contributed by atoms with Crippen molar-refractivity contribution in [2.75, 3.05) is 5.73 Å². The zero-order valence-electron chi connectivity index (χ0n) is 11.1. The molecule has 0 unspecified atom stereocenters. The summed E-state index contributed by atoms with van der Waals surface area (Å²) in [6.07, 6.45) is 0. The Hall–Kier alpha value is -1.92. The number of carboxylic acid groups (broad SMARTS) is 1. The second kappa shape index (κ2) is 5.13. The minimum Gasteiger partial charge on any atom is -0.477 e. The van der Waals surface area contributed by atoms with E-state index < -0.39 is 5.97 Å². The molecule has 0 fully saturated rings. The third kappa shape index (κ3) is 2.41. The lowest BCUT2D eigenvalue weighted by Gasteiger charge is -2.06. The summed E-state index contributed by atoms with van der Waals surface area (Å²) in [5.74, 6) is -1.02. The Kier molecular flexibility index (Phi) is 3.43. The summed E-state index contributed by atoms with van der Waals surface area (Å²) >= 11 is 4.52. The van der Waals surface area contributed by atoms with Crippen LogP contribution in [-0.2, 0) is 0 Å². The normalized spacial score (nSPS) is 11.0. The molecule has 0 saturated heterocycles. The molecule has 3 rings (SSSR count). The van der Waals surface area contributed by atoms with Gasteiger partial charge in [-0.05, 0) is 36.2 Å². The quantitative estimate of drug-likeness (QED) is 0.711. The maximum Gasteiger partial charge on any atom is 0.348 e. The zero-order valence-corrected chi connectivity index (χ0v) is 13.5. The fourth-order valence-corrected chi connectivity index (χ4v) is 3.53. The van der Waals surface area contributed by atoms with Crippen LogP contribution in [-0.4, -0.2) is 16.1 Å². The van der Waals surface area contributed by atoms with Crippen molar-refractivity contribution < 1.29 is 9.90 Å². The van der Waals surface area contributed by atoms with Crippen molar-refractivity contribution in [1.29, 1.82) is 0 Å². The third-order valence-electron chi connectivity index (χ3n) is 3.18. The molecule has 0 aliphatic rings. The van der Waals surface area contributed by atoms with Crippen LogP contribution in [0.4, 0.5) is 5.69 Å². The molecule has 3 N–H and O–H groups in total. The first-order valence-electron chi connectivity index (χ1n) is 6.16. The van der Waals surface area contributed by atoms with Gasteiger partial charge in [0.1, 0.15) is 9.71 Å². The van der Waals surface area contributed by atoms with Crippen molar-refractivity contribution in [1.82, 2.24) is 4.98 Å². The van der Waals surface area contributed by atoms with Crippen molar-refractivity contribution >= 4 is 49.1 Å². The maximum atomic E-state index is 11.3. The van der Waals surface area contributed by atoms with Crippen LogP contribution in [0.15, 0.2) is 34.8 Å². The van der Waals surface area contributed by atoms with E-state index >= 15 is 0 Å². The van der Waals surface area contributed by atoms with E-state index in [1.807, 2.05) is 37.3 Å². The van der Waals surface area contributed by atoms with Crippen LogP contribution in [0.5, 0.6) is 0 Å². The number of nitrogen functional groups attached to an aromatic ring is 1. The van der Waals surface area contributed by atoms with Crippen LogP contribution < -0.4 is 5.73 Å². The molecule has 0 spiro atoms. The average molecular weight is 363 g/mol. The van der Waals surface area contributed by atoms with Crippen LogP contribution in [0, 0.1) is 6.92 Å². The zero-order chi connectivity index (χ0) is 15.1. The summed E-state index contributed by atoms with van der Waals surface area (Å²) in [4.78, 5) is 16.5. The topological polar surface area (TPSA) is 76.2 Å². The highest BCUT2D eigenvalue weighted by Crippen LogP contribution is 2.39. The highest BCUT2D eigenvalue weighted by Gasteiger charge is 2.19. The SMILES string of the molecule is Cc1cc(-c2ccc(Br)cc2)c2c(N)c(C(=O)O)sc2n1. The molecule has 4 nitrogen and oxygen atoms in total. The molecule has 106 valence electrons. The Morgan fingerprint density at radius 3 is 2.62 bits per heavy atom. The number of aryl methyl sites for hydroxylation is 1. The molecule has 2 aromatic heterocycles. The number of carbonyl (C=O) groups is 1. The number of aromatic carboxylic acids is 1. The lowest BCUT2D eigenvalue weighted by atomic mass is 10.0. The summed E-state index contributed by atoms with van der Waals surface area (Å²) in [6.45, 7) is 1.89. The average Bonchev–Trinajstić information content (AvgIpc) is 2.76. The molecule has 6 heteroatoms. The van der Waals surface area contributed by atoms with Gasteiger partial charge in [0, 0.05) is 15.6 Å². The van der Waals surface area contributed by atoms with Crippen molar-refractivity contribution in [3.8, 4) is 11.1 Å². The molecule has 2 heterocycles. The number of fused-ring (bicyclic) bond motifs is 1. The third-order valence-corrected chi connectivity index (χ3v) is 4.79. The minimum absolute atomic E-state index is 0.140. The molecule has 0 aliphatic carbocycles. The van der Waals surface area contributed by atoms with Gasteiger partial charge in [0.2, 0.25) is 0 Å². The summed E-state index contributed by atoms with van der Waals surface area (Å²) in [6, 6.07) is 9.75. The van der Waals surface area contributed by atoms with Gasteiger partial charge < -0.3 is 10.8 Å². The van der Waals surface area contributed by atoms with Crippen molar-refractivity contribution in [2.45, 2.75) is 6.92 Å². The van der Waals surface area contributed by atoms with Gasteiger partial charge in [0.05, 0.1) is 5.69 Å². The molecule has 3 aromatic rings. The van der Waals surface area contributed by atoms with E-state index in [9.17, 15) is 9.90 Å². The highest BCUT2D eigenvalue weighted by atomic mass is 79.9. The fraction of sp³-hybridized carbons (Fsp3) is 0.0667. The van der Waals surface area contributed by atoms with Gasteiger partial charge in [0.15, 0.2) is 0 Å². The Morgan fingerprint density at radius 2 is 2.00 bits per heavy atom. The lowest BCUT2D eigenvalue weighted by Crippen LogP contribution is -1.97. The minimum atomic E-state index is -1.02. The van der Waals surface area contributed by atoms with E-state index in [2.05, 4.69) is 20.9 Å². The Labute approximate surface area is 133 Å². The predicted molar refractivity (Wildman–Crippen MR) is 88.9 cm³/mol. The van der Waals surface area contributed by atoms with Crippen LogP contribution in [0.3, 0.4) is 0 Å².